The van der Waals surface area contributed by atoms with E-state index < -0.39 is 0 Å². The molecule has 3 aromatic rings. The third-order valence-electron chi connectivity index (χ3n) is 5.50. The van der Waals surface area contributed by atoms with Crippen molar-refractivity contribution >= 4 is 36.9 Å². The maximum atomic E-state index is 6.07. The van der Waals surface area contributed by atoms with E-state index in [1.807, 2.05) is 12.1 Å². The second-order valence-electron chi connectivity index (χ2n) is 8.97. The Bertz CT molecular complexity index is 1040. The summed E-state index contributed by atoms with van der Waals surface area (Å²) in [7, 11) is 1.67. The van der Waals surface area contributed by atoms with E-state index in [1.165, 1.54) is 4.44 Å². The summed E-state index contributed by atoms with van der Waals surface area (Å²) in [4.78, 5) is 13.6. The zero-order valence-electron chi connectivity index (χ0n) is 19.3. The number of nitrogens with one attached hydrogen (secondary N) is 1. The van der Waals surface area contributed by atoms with Crippen LogP contribution in [0.1, 0.15) is 31.6 Å². The third kappa shape index (κ3) is 5.62. The molecule has 1 aliphatic rings. The number of hydrogen-bond donors (Lipinski definition) is 1. The van der Waals surface area contributed by atoms with Gasteiger partial charge in [-0.1, -0.05) is 0 Å². The van der Waals surface area contributed by atoms with Gasteiger partial charge in [0.25, 0.3) is 0 Å². The van der Waals surface area contributed by atoms with Crippen molar-refractivity contribution in [1.82, 2.24) is 14.9 Å². The van der Waals surface area contributed by atoms with Gasteiger partial charge in [-0.2, -0.15) is 0 Å². The molecule has 1 aliphatic heterocycles. The number of benzene rings is 1. The number of fused-ring (bicyclic) bond motifs is 1. The summed E-state index contributed by atoms with van der Waals surface area (Å²) >= 11 is 0.364. The molecule has 0 unspecified atom stereocenters. The van der Waals surface area contributed by atoms with Crippen LogP contribution in [0, 0.1) is 0 Å². The standard InChI is InChI=1S/C24H32N4O3Se/c1-24(2,3)22-12-17(15-32-22)27-23-18-13-20(29-4)21(14-19(18)25-16-26-23)31-9-5-6-28-7-10-30-11-8-28/h12-16H,5-11H2,1-4H3,(H,25,26,27). The van der Waals surface area contributed by atoms with E-state index >= 15 is 0 Å². The number of hydrogen-bond acceptors (Lipinski definition) is 7. The molecule has 0 atom stereocenters. The second kappa shape index (κ2) is 10.2. The van der Waals surface area contributed by atoms with Gasteiger partial charge in [0.1, 0.15) is 0 Å². The van der Waals surface area contributed by atoms with Gasteiger partial charge in [-0.15, -0.1) is 0 Å². The van der Waals surface area contributed by atoms with Gasteiger partial charge in [0, 0.05) is 13.1 Å². The van der Waals surface area contributed by atoms with Crippen molar-refractivity contribution in [1.29, 1.82) is 0 Å². The van der Waals surface area contributed by atoms with Crippen LogP contribution in [0.3, 0.4) is 0 Å². The molecule has 1 aromatic carbocycles. The first-order valence-electron chi connectivity index (χ1n) is 11.1. The third-order valence-corrected chi connectivity index (χ3v) is 8.35. The molecule has 0 bridgehead atoms. The molecule has 2 aromatic heterocycles. The second-order valence-corrected chi connectivity index (χ2v) is 10.9. The van der Waals surface area contributed by atoms with Crippen LogP contribution < -0.4 is 14.8 Å². The van der Waals surface area contributed by atoms with Gasteiger partial charge < -0.3 is 4.74 Å². The predicted molar refractivity (Wildman–Crippen MR) is 129 cm³/mol. The Labute approximate surface area is 195 Å². The van der Waals surface area contributed by atoms with Crippen LogP contribution in [0.5, 0.6) is 11.5 Å². The Morgan fingerprint density at radius 2 is 1.94 bits per heavy atom. The Hall–Kier alpha value is -2.12. The van der Waals surface area contributed by atoms with Crippen LogP contribution in [-0.4, -0.2) is 75.9 Å². The number of methoxy groups -OCH3 is 1. The van der Waals surface area contributed by atoms with Crippen LogP contribution in [0.4, 0.5) is 11.5 Å². The minimum absolute atomic E-state index is 0.185. The molecule has 4 rings (SSSR count). The minimum atomic E-state index is 0.185. The first kappa shape index (κ1) is 23.1. The fourth-order valence-corrected chi connectivity index (χ4v) is 5.61. The van der Waals surface area contributed by atoms with Crippen molar-refractivity contribution in [3.63, 3.8) is 0 Å². The Morgan fingerprint density at radius 1 is 1.12 bits per heavy atom. The average molecular weight is 504 g/mol. The van der Waals surface area contributed by atoms with E-state index in [2.05, 4.69) is 52.0 Å². The molecule has 7 nitrogen and oxygen atoms in total. The Balaban J connectivity index is 1.47. The van der Waals surface area contributed by atoms with Crippen molar-refractivity contribution in [3.05, 3.63) is 33.9 Å². The van der Waals surface area contributed by atoms with Crippen LogP contribution in [0.2, 0.25) is 0 Å². The zero-order valence-corrected chi connectivity index (χ0v) is 21.0. The number of nitrogens with zero attached hydrogens (tertiary/aromatic N) is 3. The zero-order chi connectivity index (χ0) is 22.6. The monoisotopic (exact) mass is 504 g/mol. The first-order valence-corrected chi connectivity index (χ1v) is 12.9. The average Bonchev–Trinajstić information content (AvgIpc) is 3.26. The van der Waals surface area contributed by atoms with Crippen LogP contribution in [-0.2, 0) is 10.2 Å². The number of aromatic nitrogens is 2. The van der Waals surface area contributed by atoms with E-state index in [9.17, 15) is 0 Å². The molecule has 3 heterocycles. The molecule has 0 aliphatic carbocycles. The van der Waals surface area contributed by atoms with Crippen LogP contribution in [0.15, 0.2) is 29.5 Å². The molecule has 0 spiro atoms. The molecule has 1 N–H and O–H groups in total. The number of rotatable bonds is 8. The Morgan fingerprint density at radius 3 is 2.66 bits per heavy atom. The number of ether oxygens (including phenoxy) is 3. The van der Waals surface area contributed by atoms with Crippen molar-refractivity contribution in [2.45, 2.75) is 32.6 Å². The topological polar surface area (TPSA) is 68.7 Å². The molecule has 1 fully saturated rings. The molecule has 0 saturated carbocycles. The fourth-order valence-electron chi connectivity index (χ4n) is 3.66. The molecule has 32 heavy (non-hydrogen) atoms. The van der Waals surface area contributed by atoms with Gasteiger partial charge in [0.2, 0.25) is 0 Å². The summed E-state index contributed by atoms with van der Waals surface area (Å²) in [5.41, 5.74) is 2.11. The summed E-state index contributed by atoms with van der Waals surface area (Å²) in [5, 5.41) is 4.40. The summed E-state index contributed by atoms with van der Waals surface area (Å²) in [5.74, 6) is 2.18. The summed E-state index contributed by atoms with van der Waals surface area (Å²) in [6, 6.07) is 6.15. The van der Waals surface area contributed by atoms with E-state index in [4.69, 9.17) is 14.2 Å². The van der Waals surface area contributed by atoms with Crippen molar-refractivity contribution < 1.29 is 14.2 Å². The van der Waals surface area contributed by atoms with Gasteiger partial charge in [0.15, 0.2) is 0 Å². The van der Waals surface area contributed by atoms with E-state index in [1.54, 1.807) is 13.4 Å². The van der Waals surface area contributed by atoms with Crippen molar-refractivity contribution in [2.75, 3.05) is 51.9 Å². The summed E-state index contributed by atoms with van der Waals surface area (Å²) in [6.45, 7) is 12.0. The quantitative estimate of drug-likeness (QED) is 0.370. The molecule has 1 saturated heterocycles. The smallest absolute Gasteiger partial charge is 0.379 e. The van der Waals surface area contributed by atoms with Gasteiger partial charge in [-0.25, -0.2) is 0 Å². The summed E-state index contributed by atoms with van der Waals surface area (Å²) in [6.07, 6.45) is 2.55. The van der Waals surface area contributed by atoms with Gasteiger partial charge >= 0.3 is 160 Å². The molecule has 0 amide bonds. The number of anilines is 2. The molecule has 172 valence electrons. The number of morpholine rings is 1. The van der Waals surface area contributed by atoms with E-state index in [0.717, 1.165) is 61.7 Å². The van der Waals surface area contributed by atoms with Crippen molar-refractivity contribution in [3.8, 4) is 11.5 Å². The van der Waals surface area contributed by atoms with Crippen molar-refractivity contribution in [2.24, 2.45) is 0 Å². The fraction of sp³-hybridized carbons (Fsp3) is 0.500. The normalized spacial score (nSPS) is 15.1. The first-order chi connectivity index (χ1) is 15.4. The van der Waals surface area contributed by atoms with E-state index in [-0.39, 0.29) is 5.41 Å². The summed E-state index contributed by atoms with van der Waals surface area (Å²) < 4.78 is 18.6. The molecule has 8 heteroatoms. The molecule has 0 radical (unpaired) electrons. The SMILES string of the molecule is COc1cc2c(Nc3c[se]c(C(C)(C)C)c3)ncnc2cc1OCCCN1CCOCC1. The van der Waals surface area contributed by atoms with Crippen LogP contribution in [0.25, 0.3) is 10.9 Å². The maximum absolute atomic E-state index is 6.07. The van der Waals surface area contributed by atoms with Gasteiger partial charge in [0.05, 0.1) is 13.2 Å². The van der Waals surface area contributed by atoms with Crippen LogP contribution >= 0.6 is 0 Å². The van der Waals surface area contributed by atoms with Gasteiger partial charge in [-0.3, -0.25) is 4.90 Å². The molecular formula is C24H32N4O3Se. The molecular weight excluding hydrogens is 471 g/mol. The minimum Gasteiger partial charge on any atom is -0.379 e. The van der Waals surface area contributed by atoms with Gasteiger partial charge in [-0.05, 0) is 0 Å². The predicted octanol–water partition coefficient (Wildman–Crippen LogP) is 3.84. The Kier molecular flexibility index (Phi) is 7.36. The van der Waals surface area contributed by atoms with E-state index in [0.29, 0.717) is 32.6 Å².